The number of hydrogen-bond donors (Lipinski definition) is 0. The molecule has 112 valence electrons. The number of halogens is 1. The van der Waals surface area contributed by atoms with E-state index in [9.17, 15) is 4.32 Å². The highest BCUT2D eigenvalue weighted by atomic mass is 19.1. The van der Waals surface area contributed by atoms with Crippen LogP contribution in [0.1, 0.15) is 13.8 Å². The smallest absolute Gasteiger partial charge is 0.243 e. The standard InChI is InChI=1S/2C6H11N2.BFO2/c2*1-3-8-5-4-7(2)6-8;2-1(3)4/h2*4-6H,3H2,1-2H3;/q2*+1;-2. The molecule has 0 bridgehead atoms. The van der Waals surface area contributed by atoms with Gasteiger partial charge in [-0.25, -0.2) is 18.3 Å². The molecule has 0 spiro atoms. The third-order valence-electron chi connectivity index (χ3n) is 2.38. The lowest BCUT2D eigenvalue weighted by atomic mass is 10.3. The lowest BCUT2D eigenvalue weighted by molar-refractivity contribution is -0.693. The number of aromatic nitrogens is 4. The van der Waals surface area contributed by atoms with Crippen molar-refractivity contribution in [2.75, 3.05) is 0 Å². The minimum absolute atomic E-state index is 1.06. The summed E-state index contributed by atoms with van der Waals surface area (Å²) in [6.07, 6.45) is 12.3. The highest BCUT2D eigenvalue weighted by molar-refractivity contribution is 6.27. The van der Waals surface area contributed by atoms with Crippen LogP contribution in [0.4, 0.5) is 4.32 Å². The fraction of sp³-hybridized carbons (Fsp3) is 0.500. The predicted octanol–water partition coefficient (Wildman–Crippen LogP) is -1.67. The Balaban J connectivity index is 0.000000289. The lowest BCUT2D eigenvalue weighted by Gasteiger charge is -2.09. The zero-order valence-electron chi connectivity index (χ0n) is 12.4. The molecule has 2 heterocycles. The van der Waals surface area contributed by atoms with Gasteiger partial charge in [0, 0.05) is 0 Å². The van der Waals surface area contributed by atoms with Gasteiger partial charge in [-0.2, -0.15) is 0 Å². The van der Waals surface area contributed by atoms with Gasteiger partial charge in [0.05, 0.1) is 27.2 Å². The molecule has 0 saturated carbocycles. The molecule has 0 radical (unpaired) electrons. The zero-order chi connectivity index (χ0) is 15.5. The molecule has 0 aromatic carbocycles. The van der Waals surface area contributed by atoms with Gasteiger partial charge in [-0.05, 0) is 13.8 Å². The van der Waals surface area contributed by atoms with Crippen molar-refractivity contribution < 1.29 is 23.5 Å². The fourth-order valence-electron chi connectivity index (χ4n) is 1.38. The molecule has 20 heavy (non-hydrogen) atoms. The minimum Gasteiger partial charge on any atom is -0.867 e. The highest BCUT2D eigenvalue weighted by Crippen LogP contribution is 1.75. The van der Waals surface area contributed by atoms with Crippen molar-refractivity contribution in [3.05, 3.63) is 37.4 Å². The van der Waals surface area contributed by atoms with E-state index in [0.29, 0.717) is 0 Å². The van der Waals surface area contributed by atoms with Gasteiger partial charge in [-0.1, -0.05) is 0 Å². The Bertz CT molecular complexity index is 430. The predicted molar refractivity (Wildman–Crippen MR) is 69.4 cm³/mol. The number of rotatable bonds is 2. The quantitative estimate of drug-likeness (QED) is 0.489. The normalized spacial score (nSPS) is 9.15. The van der Waals surface area contributed by atoms with E-state index in [1.807, 2.05) is 35.6 Å². The van der Waals surface area contributed by atoms with Crippen molar-refractivity contribution in [2.24, 2.45) is 14.1 Å². The monoisotopic (exact) mass is 284 g/mol. The maximum atomic E-state index is 9.89. The average molecular weight is 284 g/mol. The number of aryl methyl sites for hydroxylation is 4. The Labute approximate surface area is 119 Å². The topological polar surface area (TPSA) is 63.7 Å². The molecule has 0 N–H and O–H groups in total. The van der Waals surface area contributed by atoms with Crippen LogP contribution in [-0.4, -0.2) is 16.5 Å². The first kappa shape index (κ1) is 18.3. The van der Waals surface area contributed by atoms with E-state index in [0.717, 1.165) is 13.1 Å². The van der Waals surface area contributed by atoms with Crippen LogP contribution in [0.5, 0.6) is 0 Å². The summed E-state index contributed by atoms with van der Waals surface area (Å²) in [6.45, 7) is 6.36. The second kappa shape index (κ2) is 10.2. The Morgan fingerprint density at radius 1 is 0.950 bits per heavy atom. The van der Waals surface area contributed by atoms with Gasteiger partial charge in [0.1, 0.15) is 32.2 Å². The van der Waals surface area contributed by atoms with Crippen LogP contribution in [0.25, 0.3) is 0 Å². The number of imidazole rings is 2. The molecule has 0 aliphatic heterocycles. The molecule has 0 saturated heterocycles. The van der Waals surface area contributed by atoms with Crippen molar-refractivity contribution in [2.45, 2.75) is 26.9 Å². The third-order valence-corrected chi connectivity index (χ3v) is 2.38. The summed E-state index contributed by atoms with van der Waals surface area (Å²) in [4.78, 5) is 0. The summed E-state index contributed by atoms with van der Waals surface area (Å²) in [5.41, 5.74) is 0. The second-order valence-corrected chi connectivity index (χ2v) is 4.09. The van der Waals surface area contributed by atoms with Crippen molar-refractivity contribution in [1.82, 2.24) is 9.13 Å². The van der Waals surface area contributed by atoms with Gasteiger partial charge in [0.2, 0.25) is 12.7 Å². The molecule has 8 heteroatoms. The van der Waals surface area contributed by atoms with E-state index in [-0.39, 0.29) is 0 Å². The van der Waals surface area contributed by atoms with E-state index in [2.05, 4.69) is 48.0 Å². The van der Waals surface area contributed by atoms with Gasteiger partial charge in [-0.3, -0.25) is 0 Å². The summed E-state index contributed by atoms with van der Waals surface area (Å²) in [6, 6.07) is 0. The molecule has 0 aliphatic rings. The summed E-state index contributed by atoms with van der Waals surface area (Å²) < 4.78 is 18.2. The molecule has 2 rings (SSSR count). The minimum atomic E-state index is -3.17. The molecule has 6 nitrogen and oxygen atoms in total. The van der Waals surface area contributed by atoms with Gasteiger partial charge in [-0.15, -0.1) is 0 Å². The van der Waals surface area contributed by atoms with Crippen molar-refractivity contribution in [1.29, 1.82) is 0 Å². The lowest BCUT2D eigenvalue weighted by Crippen LogP contribution is -2.39. The summed E-state index contributed by atoms with van der Waals surface area (Å²) >= 11 is 0. The van der Waals surface area contributed by atoms with E-state index in [1.165, 1.54) is 0 Å². The van der Waals surface area contributed by atoms with Crippen LogP contribution in [0.15, 0.2) is 37.4 Å². The Morgan fingerprint density at radius 3 is 1.35 bits per heavy atom. The van der Waals surface area contributed by atoms with Gasteiger partial charge >= 0.3 is 0 Å². The van der Waals surface area contributed by atoms with Crippen LogP contribution in [0.2, 0.25) is 0 Å². The summed E-state index contributed by atoms with van der Waals surface area (Å²) in [5.74, 6) is 0. The number of hydrogen-bond acceptors (Lipinski definition) is 2. The van der Waals surface area contributed by atoms with Crippen LogP contribution < -0.4 is 19.2 Å². The SMILES string of the molecule is CC[n+]1ccn(C)c1.CC[n+]1ccn(C)c1.[O-]B([O-])F. The van der Waals surface area contributed by atoms with Crippen LogP contribution >= 0.6 is 0 Å². The zero-order valence-corrected chi connectivity index (χ0v) is 12.4. The summed E-state index contributed by atoms with van der Waals surface area (Å²) in [5, 5.41) is 16.6. The van der Waals surface area contributed by atoms with Crippen molar-refractivity contribution >= 4 is 7.40 Å². The molecule has 0 fully saturated rings. The molecule has 0 aliphatic carbocycles. The summed E-state index contributed by atoms with van der Waals surface area (Å²) in [7, 11) is 0.873. The molecule has 0 unspecified atom stereocenters. The van der Waals surface area contributed by atoms with Crippen molar-refractivity contribution in [3.8, 4) is 0 Å². The average Bonchev–Trinajstić information content (AvgIpc) is 2.97. The molecule has 2 aromatic heterocycles. The fourth-order valence-corrected chi connectivity index (χ4v) is 1.38. The first-order valence-electron chi connectivity index (χ1n) is 6.36. The second-order valence-electron chi connectivity index (χ2n) is 4.09. The molecular weight excluding hydrogens is 262 g/mol. The van der Waals surface area contributed by atoms with Gasteiger partial charge < -0.3 is 14.4 Å². The van der Waals surface area contributed by atoms with Crippen molar-refractivity contribution in [3.63, 3.8) is 0 Å². The van der Waals surface area contributed by atoms with E-state index >= 15 is 0 Å². The van der Waals surface area contributed by atoms with E-state index in [1.54, 1.807) is 0 Å². The maximum Gasteiger partial charge on any atom is 0.243 e. The van der Waals surface area contributed by atoms with Crippen LogP contribution in [0.3, 0.4) is 0 Å². The Morgan fingerprint density at radius 2 is 1.25 bits per heavy atom. The first-order valence-corrected chi connectivity index (χ1v) is 6.36. The Hall–Kier alpha value is -1.67. The maximum absolute atomic E-state index is 9.89. The molecule has 0 atom stereocenters. The largest absolute Gasteiger partial charge is 0.867 e. The van der Waals surface area contributed by atoms with Crippen LogP contribution in [-0.2, 0) is 27.2 Å². The first-order chi connectivity index (χ1) is 9.38. The Kier molecular flexibility index (Phi) is 9.32. The molecule has 0 amide bonds. The molecular formula is C12H22BFN4O2. The highest BCUT2D eigenvalue weighted by Gasteiger charge is 1.92. The van der Waals surface area contributed by atoms with Gasteiger partial charge in [0.15, 0.2) is 0 Å². The number of nitrogens with zero attached hydrogens (tertiary/aromatic N) is 4. The molecule has 2 aromatic rings. The van der Waals surface area contributed by atoms with Crippen LogP contribution in [0, 0.1) is 0 Å². The van der Waals surface area contributed by atoms with E-state index in [4.69, 9.17) is 10.0 Å². The van der Waals surface area contributed by atoms with E-state index < -0.39 is 7.40 Å². The third kappa shape index (κ3) is 9.29. The van der Waals surface area contributed by atoms with Gasteiger partial charge in [0.25, 0.3) is 0 Å².